The molecule has 148 valence electrons. The Morgan fingerprint density at radius 1 is 1.17 bits per heavy atom. The fourth-order valence-electron chi connectivity index (χ4n) is 3.01. The minimum Gasteiger partial charge on any atom is -0.487 e. The van der Waals surface area contributed by atoms with E-state index in [0.717, 1.165) is 11.4 Å². The molecule has 3 aromatic heterocycles. The van der Waals surface area contributed by atoms with Gasteiger partial charge < -0.3 is 10.1 Å². The summed E-state index contributed by atoms with van der Waals surface area (Å²) in [6.07, 6.45) is 1.72. The van der Waals surface area contributed by atoms with Crippen LogP contribution >= 0.6 is 0 Å². The normalized spacial score (nSPS) is 11.2. The number of aromatic nitrogens is 5. The van der Waals surface area contributed by atoms with Crippen molar-refractivity contribution in [1.29, 1.82) is 0 Å². The monoisotopic (exact) mass is 390 g/mol. The summed E-state index contributed by atoms with van der Waals surface area (Å²) >= 11 is 0. The van der Waals surface area contributed by atoms with Crippen LogP contribution in [0.4, 0.5) is 11.6 Å². The highest BCUT2D eigenvalue weighted by molar-refractivity contribution is 5.93. The average Bonchev–Trinajstić information content (AvgIpc) is 3.13. The summed E-state index contributed by atoms with van der Waals surface area (Å²) in [5.41, 5.74) is 1.58. The van der Waals surface area contributed by atoms with Gasteiger partial charge in [0.2, 0.25) is 0 Å². The summed E-state index contributed by atoms with van der Waals surface area (Å²) < 4.78 is 7.31. The number of benzene rings is 1. The Morgan fingerprint density at radius 2 is 2.03 bits per heavy atom. The van der Waals surface area contributed by atoms with Gasteiger partial charge in [0.25, 0.3) is 5.56 Å². The molecule has 0 saturated carbocycles. The van der Waals surface area contributed by atoms with Crippen molar-refractivity contribution in [3.63, 3.8) is 0 Å². The second kappa shape index (κ2) is 7.75. The maximum absolute atomic E-state index is 13.0. The molecule has 8 nitrogen and oxygen atoms in total. The lowest BCUT2D eigenvalue weighted by molar-refractivity contribution is 0.301. The van der Waals surface area contributed by atoms with Crippen LogP contribution in [0.1, 0.15) is 31.3 Å². The molecule has 0 saturated heterocycles. The number of H-pyrrole nitrogens is 1. The number of fused-ring (bicyclic) bond motifs is 1. The van der Waals surface area contributed by atoms with Gasteiger partial charge in [-0.2, -0.15) is 10.2 Å². The predicted molar refractivity (Wildman–Crippen MR) is 112 cm³/mol. The van der Waals surface area contributed by atoms with Crippen LogP contribution in [0.15, 0.2) is 53.5 Å². The van der Waals surface area contributed by atoms with Crippen molar-refractivity contribution in [3.8, 4) is 5.75 Å². The SMILES string of the molecule is Cc1cc(Nc2nn(C(C)C)c(=O)c3cc(OCc4ccccn4)ccc23)n[nH]1. The molecule has 8 heteroatoms. The first-order valence-electron chi connectivity index (χ1n) is 9.39. The molecule has 4 rings (SSSR count). The van der Waals surface area contributed by atoms with E-state index in [1.165, 1.54) is 4.68 Å². The van der Waals surface area contributed by atoms with E-state index in [4.69, 9.17) is 4.74 Å². The van der Waals surface area contributed by atoms with Gasteiger partial charge in [-0.25, -0.2) is 4.68 Å². The first-order valence-corrected chi connectivity index (χ1v) is 9.39. The third-order valence-corrected chi connectivity index (χ3v) is 4.45. The highest BCUT2D eigenvalue weighted by Crippen LogP contribution is 2.26. The lowest BCUT2D eigenvalue weighted by atomic mass is 10.1. The van der Waals surface area contributed by atoms with Crippen LogP contribution in [0.25, 0.3) is 10.8 Å². The minimum absolute atomic E-state index is 0.0912. The van der Waals surface area contributed by atoms with Crippen LogP contribution in [-0.4, -0.2) is 25.0 Å². The maximum Gasteiger partial charge on any atom is 0.275 e. The molecule has 1 aromatic carbocycles. The zero-order valence-electron chi connectivity index (χ0n) is 16.5. The van der Waals surface area contributed by atoms with Crippen molar-refractivity contribution in [2.45, 2.75) is 33.4 Å². The van der Waals surface area contributed by atoms with Crippen LogP contribution in [0.2, 0.25) is 0 Å². The van der Waals surface area contributed by atoms with E-state index in [9.17, 15) is 4.79 Å². The van der Waals surface area contributed by atoms with E-state index in [1.54, 1.807) is 12.3 Å². The van der Waals surface area contributed by atoms with E-state index in [-0.39, 0.29) is 11.6 Å². The first kappa shape index (κ1) is 18.7. The minimum atomic E-state index is -0.165. The number of aryl methyl sites for hydroxylation is 1. The molecule has 0 aliphatic rings. The summed E-state index contributed by atoms with van der Waals surface area (Å²) in [6.45, 7) is 6.09. The van der Waals surface area contributed by atoms with E-state index in [2.05, 4.69) is 25.6 Å². The molecule has 3 heterocycles. The topological polar surface area (TPSA) is 97.7 Å². The second-order valence-corrected chi connectivity index (χ2v) is 7.07. The van der Waals surface area contributed by atoms with Crippen molar-refractivity contribution in [1.82, 2.24) is 25.0 Å². The Labute approximate surface area is 167 Å². The summed E-state index contributed by atoms with van der Waals surface area (Å²) in [7, 11) is 0. The molecule has 0 spiro atoms. The number of nitrogens with zero attached hydrogens (tertiary/aromatic N) is 4. The van der Waals surface area contributed by atoms with Crippen molar-refractivity contribution in [2.24, 2.45) is 0 Å². The number of hydrogen-bond acceptors (Lipinski definition) is 6. The highest BCUT2D eigenvalue weighted by Gasteiger charge is 2.15. The van der Waals surface area contributed by atoms with Crippen LogP contribution < -0.4 is 15.6 Å². The fraction of sp³-hybridized carbons (Fsp3) is 0.238. The zero-order valence-corrected chi connectivity index (χ0v) is 16.5. The van der Waals surface area contributed by atoms with E-state index in [1.807, 2.05) is 57.2 Å². The van der Waals surface area contributed by atoms with E-state index < -0.39 is 0 Å². The van der Waals surface area contributed by atoms with Crippen LogP contribution in [0.5, 0.6) is 5.75 Å². The third-order valence-electron chi connectivity index (χ3n) is 4.45. The van der Waals surface area contributed by atoms with Gasteiger partial charge in [-0.05, 0) is 51.1 Å². The molecule has 0 aliphatic carbocycles. The van der Waals surface area contributed by atoms with Gasteiger partial charge in [0, 0.05) is 23.3 Å². The summed E-state index contributed by atoms with van der Waals surface area (Å²) in [4.78, 5) is 17.2. The number of hydrogen-bond donors (Lipinski definition) is 2. The molecule has 0 fully saturated rings. The second-order valence-electron chi connectivity index (χ2n) is 7.07. The van der Waals surface area contributed by atoms with Gasteiger partial charge in [-0.15, -0.1) is 0 Å². The summed E-state index contributed by atoms with van der Waals surface area (Å²) in [5, 5.41) is 16.0. The molecule has 0 amide bonds. The molecule has 0 atom stereocenters. The fourth-order valence-corrected chi connectivity index (χ4v) is 3.01. The quantitative estimate of drug-likeness (QED) is 0.521. The van der Waals surface area contributed by atoms with Crippen LogP contribution in [-0.2, 0) is 6.61 Å². The van der Waals surface area contributed by atoms with Crippen molar-refractivity contribution in [3.05, 3.63) is 70.4 Å². The maximum atomic E-state index is 13.0. The van der Waals surface area contributed by atoms with Gasteiger partial charge in [-0.3, -0.25) is 14.9 Å². The average molecular weight is 390 g/mol. The number of nitrogens with one attached hydrogen (secondary N) is 2. The Hall–Kier alpha value is -3.68. The molecular formula is C21H22N6O2. The zero-order chi connectivity index (χ0) is 20.4. The van der Waals surface area contributed by atoms with Gasteiger partial charge >= 0.3 is 0 Å². The predicted octanol–water partition coefficient (Wildman–Crippen LogP) is 3.73. The molecule has 0 aliphatic heterocycles. The van der Waals surface area contributed by atoms with Crippen LogP contribution in [0.3, 0.4) is 0 Å². The molecule has 29 heavy (non-hydrogen) atoms. The van der Waals surface area contributed by atoms with Crippen molar-refractivity contribution >= 4 is 22.4 Å². The summed E-state index contributed by atoms with van der Waals surface area (Å²) in [6, 6.07) is 12.9. The van der Waals surface area contributed by atoms with Crippen molar-refractivity contribution in [2.75, 3.05) is 5.32 Å². The number of aromatic amines is 1. The van der Waals surface area contributed by atoms with Gasteiger partial charge in [0.1, 0.15) is 12.4 Å². The third kappa shape index (κ3) is 3.96. The number of rotatable bonds is 6. The number of ether oxygens (including phenoxy) is 1. The largest absolute Gasteiger partial charge is 0.487 e. The van der Waals surface area contributed by atoms with Crippen molar-refractivity contribution < 1.29 is 4.74 Å². The van der Waals surface area contributed by atoms with Crippen LogP contribution in [0, 0.1) is 6.92 Å². The van der Waals surface area contributed by atoms with E-state index in [0.29, 0.717) is 34.8 Å². The number of pyridine rings is 1. The highest BCUT2D eigenvalue weighted by atomic mass is 16.5. The molecular weight excluding hydrogens is 368 g/mol. The Bertz CT molecular complexity index is 1200. The van der Waals surface area contributed by atoms with Gasteiger partial charge in [0.05, 0.1) is 17.1 Å². The lowest BCUT2D eigenvalue weighted by Gasteiger charge is -2.14. The Balaban J connectivity index is 1.73. The molecule has 0 radical (unpaired) electrons. The van der Waals surface area contributed by atoms with E-state index >= 15 is 0 Å². The molecule has 0 unspecified atom stereocenters. The van der Waals surface area contributed by atoms with Gasteiger partial charge in [-0.1, -0.05) is 6.07 Å². The first-order chi connectivity index (χ1) is 14.0. The smallest absolute Gasteiger partial charge is 0.275 e. The Morgan fingerprint density at radius 3 is 2.72 bits per heavy atom. The number of anilines is 2. The molecule has 0 bridgehead atoms. The van der Waals surface area contributed by atoms with Gasteiger partial charge in [0.15, 0.2) is 11.6 Å². The Kier molecular flexibility index (Phi) is 4.99. The lowest BCUT2D eigenvalue weighted by Crippen LogP contribution is -2.25. The molecule has 4 aromatic rings. The standard InChI is InChI=1S/C21H22N6O2/c1-13(2)27-21(28)18-11-16(29-12-15-6-4-5-9-22-15)7-8-17(18)20(26-27)23-19-10-14(3)24-25-19/h4-11,13H,12H2,1-3H3,(H2,23,24,25,26). The summed E-state index contributed by atoms with van der Waals surface area (Å²) in [5.74, 6) is 1.81. The molecule has 2 N–H and O–H groups in total.